The third-order valence-electron chi connectivity index (χ3n) is 5.74. The highest BCUT2D eigenvalue weighted by Crippen LogP contribution is 2.32. The molecular weight excluding hydrogens is 310 g/mol. The van der Waals surface area contributed by atoms with Crippen molar-refractivity contribution >= 4 is 11.7 Å². The zero-order valence-corrected chi connectivity index (χ0v) is 15.2. The molecule has 1 amide bonds. The smallest absolute Gasteiger partial charge is 0.246 e. The van der Waals surface area contributed by atoms with Crippen molar-refractivity contribution in [3.8, 4) is 0 Å². The van der Waals surface area contributed by atoms with Gasteiger partial charge in [-0.3, -0.25) is 9.59 Å². The highest BCUT2D eigenvalue weighted by atomic mass is 16.2. The van der Waals surface area contributed by atoms with Crippen LogP contribution in [0.25, 0.3) is 0 Å². The Morgan fingerprint density at radius 3 is 2.20 bits per heavy atom. The number of amides is 1. The molecule has 1 aromatic rings. The number of hydrogen-bond donors (Lipinski definition) is 0. The van der Waals surface area contributed by atoms with Crippen molar-refractivity contribution in [2.24, 2.45) is 5.92 Å². The first-order valence-corrected chi connectivity index (χ1v) is 9.75. The molecule has 25 heavy (non-hydrogen) atoms. The van der Waals surface area contributed by atoms with Gasteiger partial charge in [0.2, 0.25) is 5.91 Å². The summed E-state index contributed by atoms with van der Waals surface area (Å²) in [6, 6.07) is 7.99. The summed E-state index contributed by atoms with van der Waals surface area (Å²) in [6.07, 6.45) is 11.5. The molecule has 1 aliphatic carbocycles. The van der Waals surface area contributed by atoms with Gasteiger partial charge < -0.3 is 4.90 Å². The monoisotopic (exact) mass is 339 g/mol. The van der Waals surface area contributed by atoms with Gasteiger partial charge in [0.1, 0.15) is 0 Å². The number of carbonyl (C=O) groups excluding carboxylic acids is 2. The van der Waals surface area contributed by atoms with Gasteiger partial charge in [0.05, 0.1) is 0 Å². The molecule has 3 heteroatoms. The van der Waals surface area contributed by atoms with Crippen LogP contribution in [0.4, 0.5) is 0 Å². The van der Waals surface area contributed by atoms with Gasteiger partial charge in [-0.25, -0.2) is 0 Å². The van der Waals surface area contributed by atoms with E-state index in [9.17, 15) is 9.59 Å². The molecule has 3 rings (SSSR count). The number of benzene rings is 1. The second-order valence-electron chi connectivity index (χ2n) is 7.66. The Balaban J connectivity index is 1.56. The predicted octanol–water partition coefficient (Wildman–Crippen LogP) is 4.73. The molecule has 134 valence electrons. The molecule has 2 aliphatic rings. The van der Waals surface area contributed by atoms with Crippen molar-refractivity contribution in [3.63, 3.8) is 0 Å². The molecule has 0 atom stereocenters. The lowest BCUT2D eigenvalue weighted by molar-refractivity contribution is -0.127. The van der Waals surface area contributed by atoms with Gasteiger partial charge in [-0.1, -0.05) is 50.5 Å². The average Bonchev–Trinajstić information content (AvgIpc) is 2.67. The van der Waals surface area contributed by atoms with Crippen molar-refractivity contribution in [1.29, 1.82) is 0 Å². The Morgan fingerprint density at radius 1 is 0.920 bits per heavy atom. The predicted molar refractivity (Wildman–Crippen MR) is 101 cm³/mol. The van der Waals surface area contributed by atoms with E-state index in [0.29, 0.717) is 17.4 Å². The van der Waals surface area contributed by atoms with Crippen LogP contribution in [-0.2, 0) is 4.79 Å². The van der Waals surface area contributed by atoms with Crippen molar-refractivity contribution in [2.45, 2.75) is 57.8 Å². The van der Waals surface area contributed by atoms with Gasteiger partial charge in [-0.05, 0) is 49.2 Å². The maximum absolute atomic E-state index is 12.3. The van der Waals surface area contributed by atoms with E-state index in [0.717, 1.165) is 25.9 Å². The third-order valence-corrected chi connectivity index (χ3v) is 5.74. The summed E-state index contributed by atoms with van der Waals surface area (Å²) in [5, 5.41) is 0. The van der Waals surface area contributed by atoms with E-state index in [4.69, 9.17) is 0 Å². The number of carbonyl (C=O) groups is 2. The first-order chi connectivity index (χ1) is 12.1. The first-order valence-electron chi connectivity index (χ1n) is 9.75. The molecular formula is C22H29NO2. The Bertz CT molecular complexity index is 618. The van der Waals surface area contributed by atoms with E-state index in [-0.39, 0.29) is 11.7 Å². The molecule has 0 N–H and O–H groups in total. The average molecular weight is 339 g/mol. The van der Waals surface area contributed by atoms with Gasteiger partial charge in [-0.15, -0.1) is 0 Å². The highest BCUT2D eigenvalue weighted by Gasteiger charge is 2.19. The summed E-state index contributed by atoms with van der Waals surface area (Å²) in [5.41, 5.74) is 2.01. The highest BCUT2D eigenvalue weighted by molar-refractivity contribution is 6.07. The second kappa shape index (κ2) is 8.46. The summed E-state index contributed by atoms with van der Waals surface area (Å²) < 4.78 is 0. The SMILES string of the molecule is CC1CCN(C(=O)/C=C/C(=O)c2ccc(C3CCCCC3)cc2)CC1. The second-order valence-corrected chi connectivity index (χ2v) is 7.66. The maximum Gasteiger partial charge on any atom is 0.246 e. The minimum atomic E-state index is -0.0890. The zero-order chi connectivity index (χ0) is 17.6. The van der Waals surface area contributed by atoms with E-state index in [2.05, 4.69) is 19.1 Å². The molecule has 1 saturated carbocycles. The Hall–Kier alpha value is -1.90. The summed E-state index contributed by atoms with van der Waals surface area (Å²) in [4.78, 5) is 26.3. The molecule has 1 aliphatic heterocycles. The van der Waals surface area contributed by atoms with Crippen LogP contribution in [0.3, 0.4) is 0 Å². The number of piperidine rings is 1. The molecule has 3 nitrogen and oxygen atoms in total. The van der Waals surface area contributed by atoms with Crippen LogP contribution in [0.1, 0.15) is 73.7 Å². The molecule has 0 unspecified atom stereocenters. The van der Waals surface area contributed by atoms with Gasteiger partial charge in [0.15, 0.2) is 5.78 Å². The third kappa shape index (κ3) is 4.81. The number of likely N-dealkylation sites (tertiary alicyclic amines) is 1. The van der Waals surface area contributed by atoms with E-state index >= 15 is 0 Å². The minimum Gasteiger partial charge on any atom is -0.339 e. The van der Waals surface area contributed by atoms with Crippen LogP contribution in [0.15, 0.2) is 36.4 Å². The van der Waals surface area contributed by atoms with Gasteiger partial charge in [0, 0.05) is 24.7 Å². The first kappa shape index (κ1) is 17.9. The number of nitrogens with zero attached hydrogens (tertiary/aromatic N) is 1. The Kier molecular flexibility index (Phi) is 6.06. The normalized spacial score (nSPS) is 20.1. The van der Waals surface area contributed by atoms with Crippen LogP contribution in [0.2, 0.25) is 0 Å². The van der Waals surface area contributed by atoms with Crippen molar-refractivity contribution < 1.29 is 9.59 Å². The lowest BCUT2D eigenvalue weighted by atomic mass is 9.84. The lowest BCUT2D eigenvalue weighted by Gasteiger charge is -2.29. The summed E-state index contributed by atoms with van der Waals surface area (Å²) in [6.45, 7) is 3.82. The fraction of sp³-hybridized carbons (Fsp3) is 0.545. The van der Waals surface area contributed by atoms with Crippen LogP contribution in [-0.4, -0.2) is 29.7 Å². The molecule has 0 radical (unpaired) electrons. The molecule has 1 heterocycles. The van der Waals surface area contributed by atoms with E-state index in [1.807, 2.05) is 17.0 Å². The van der Waals surface area contributed by atoms with Crippen LogP contribution < -0.4 is 0 Å². The molecule has 0 bridgehead atoms. The molecule has 2 fully saturated rings. The summed E-state index contributed by atoms with van der Waals surface area (Å²) in [7, 11) is 0. The van der Waals surface area contributed by atoms with Crippen LogP contribution in [0.5, 0.6) is 0 Å². The van der Waals surface area contributed by atoms with Crippen LogP contribution in [0, 0.1) is 5.92 Å². The van der Waals surface area contributed by atoms with E-state index in [1.165, 1.54) is 49.8 Å². The molecule has 1 aromatic carbocycles. The summed E-state index contributed by atoms with van der Waals surface area (Å²) >= 11 is 0. The fourth-order valence-corrected chi connectivity index (χ4v) is 3.93. The molecule has 1 saturated heterocycles. The molecule has 0 spiro atoms. The van der Waals surface area contributed by atoms with E-state index < -0.39 is 0 Å². The number of rotatable bonds is 4. The number of hydrogen-bond acceptors (Lipinski definition) is 2. The maximum atomic E-state index is 12.3. The van der Waals surface area contributed by atoms with Gasteiger partial charge in [-0.2, -0.15) is 0 Å². The topological polar surface area (TPSA) is 37.4 Å². The summed E-state index contributed by atoms with van der Waals surface area (Å²) in [5.74, 6) is 1.21. The van der Waals surface area contributed by atoms with E-state index in [1.54, 1.807) is 0 Å². The zero-order valence-electron chi connectivity index (χ0n) is 15.2. The standard InChI is InChI=1S/C22H29NO2/c1-17-13-15-23(16-14-17)22(25)12-11-21(24)20-9-7-19(8-10-20)18-5-3-2-4-6-18/h7-12,17-18H,2-6,13-16H2,1H3/b12-11+. The largest absolute Gasteiger partial charge is 0.339 e. The lowest BCUT2D eigenvalue weighted by Crippen LogP contribution is -2.36. The Labute approximate surface area is 151 Å². The van der Waals surface area contributed by atoms with Gasteiger partial charge in [0.25, 0.3) is 0 Å². The van der Waals surface area contributed by atoms with Crippen molar-refractivity contribution in [2.75, 3.05) is 13.1 Å². The quantitative estimate of drug-likeness (QED) is 0.587. The minimum absolute atomic E-state index is 0.0425. The molecule has 0 aromatic heterocycles. The van der Waals surface area contributed by atoms with Crippen molar-refractivity contribution in [3.05, 3.63) is 47.5 Å². The number of ketones is 1. The number of allylic oxidation sites excluding steroid dienone is 1. The van der Waals surface area contributed by atoms with Crippen LogP contribution >= 0.6 is 0 Å². The fourth-order valence-electron chi connectivity index (χ4n) is 3.93. The van der Waals surface area contributed by atoms with Gasteiger partial charge >= 0.3 is 0 Å². The van der Waals surface area contributed by atoms with Crippen molar-refractivity contribution in [1.82, 2.24) is 4.90 Å². The Morgan fingerprint density at radius 2 is 1.56 bits per heavy atom.